The molecule has 2 aromatic carbocycles. The van der Waals surface area contributed by atoms with Gasteiger partial charge in [0.25, 0.3) is 0 Å². The molecule has 2 aromatic rings. The molecule has 0 radical (unpaired) electrons. The number of benzene rings is 2. The zero-order chi connectivity index (χ0) is 18.0. The second-order valence-corrected chi connectivity index (χ2v) is 5.62. The number of nitrogens with one attached hydrogen (secondary N) is 1. The van der Waals surface area contributed by atoms with Crippen molar-refractivity contribution in [2.75, 3.05) is 35.6 Å². The summed E-state index contributed by atoms with van der Waals surface area (Å²) in [6, 6.07) is 9.65. The second kappa shape index (κ2) is 6.54. The smallest absolute Gasteiger partial charge is 0.416 e. The van der Waals surface area contributed by atoms with E-state index in [9.17, 15) is 18.0 Å². The van der Waals surface area contributed by atoms with E-state index in [1.54, 1.807) is 23.1 Å². The highest BCUT2D eigenvalue weighted by Gasteiger charge is 2.30. The van der Waals surface area contributed by atoms with Crippen LogP contribution in [-0.2, 0) is 11.0 Å². The number of nitrogen functional groups attached to an aromatic ring is 1. The number of anilines is 3. The maximum absolute atomic E-state index is 12.7. The fourth-order valence-corrected chi connectivity index (χ4v) is 2.60. The zero-order valence-electron chi connectivity index (χ0n) is 13.1. The van der Waals surface area contributed by atoms with E-state index in [1.807, 2.05) is 0 Å². The summed E-state index contributed by atoms with van der Waals surface area (Å²) in [4.78, 5) is 14.0. The minimum absolute atomic E-state index is 0.0178. The average Bonchev–Trinajstić information content (AvgIpc) is 2.55. The van der Waals surface area contributed by atoms with Crippen molar-refractivity contribution in [3.05, 3.63) is 48.0 Å². The summed E-state index contributed by atoms with van der Waals surface area (Å²) in [5.41, 5.74) is 6.27. The van der Waals surface area contributed by atoms with E-state index < -0.39 is 17.6 Å². The van der Waals surface area contributed by atoms with Crippen molar-refractivity contribution in [1.29, 1.82) is 0 Å². The van der Waals surface area contributed by atoms with Crippen molar-refractivity contribution in [1.82, 2.24) is 0 Å². The van der Waals surface area contributed by atoms with Crippen LogP contribution in [0.5, 0.6) is 5.75 Å². The SMILES string of the molecule is Nc1ccc2c(c1)N(CC(=O)Nc1cccc(C(F)(F)F)c1)CCO2. The number of nitrogens with zero attached hydrogens (tertiary/aromatic N) is 1. The van der Waals surface area contributed by atoms with E-state index in [-0.39, 0.29) is 12.2 Å². The molecular formula is C17H16F3N3O2. The van der Waals surface area contributed by atoms with E-state index in [2.05, 4.69) is 5.32 Å². The highest BCUT2D eigenvalue weighted by atomic mass is 19.4. The normalized spacial score (nSPS) is 13.8. The number of rotatable bonds is 3. The third-order valence-electron chi connectivity index (χ3n) is 3.75. The van der Waals surface area contributed by atoms with Crippen LogP contribution in [0, 0.1) is 0 Å². The number of nitrogens with two attached hydrogens (primary N) is 1. The Kier molecular flexibility index (Phi) is 4.43. The zero-order valence-corrected chi connectivity index (χ0v) is 13.1. The molecule has 0 aliphatic carbocycles. The number of fused-ring (bicyclic) bond motifs is 1. The van der Waals surface area contributed by atoms with E-state index in [0.29, 0.717) is 30.3 Å². The summed E-state index contributed by atoms with van der Waals surface area (Å²) in [7, 11) is 0. The van der Waals surface area contributed by atoms with Gasteiger partial charge in [0.1, 0.15) is 12.4 Å². The van der Waals surface area contributed by atoms with Crippen LogP contribution in [0.3, 0.4) is 0 Å². The Morgan fingerprint density at radius 1 is 1.24 bits per heavy atom. The summed E-state index contributed by atoms with van der Waals surface area (Å²) in [6.45, 7) is 0.871. The number of hydrogen-bond donors (Lipinski definition) is 2. The van der Waals surface area contributed by atoms with Gasteiger partial charge in [-0.25, -0.2) is 0 Å². The molecule has 8 heteroatoms. The molecule has 1 heterocycles. The van der Waals surface area contributed by atoms with Crippen LogP contribution in [-0.4, -0.2) is 25.6 Å². The molecule has 25 heavy (non-hydrogen) atoms. The Morgan fingerprint density at radius 2 is 2.04 bits per heavy atom. The first-order chi connectivity index (χ1) is 11.8. The average molecular weight is 351 g/mol. The van der Waals surface area contributed by atoms with Gasteiger partial charge in [0.2, 0.25) is 5.91 Å². The molecule has 0 fully saturated rings. The van der Waals surface area contributed by atoms with E-state index in [0.717, 1.165) is 12.1 Å². The standard InChI is InChI=1S/C17H16F3N3O2/c18-17(19,20)11-2-1-3-13(8-11)22-16(24)10-23-6-7-25-15-5-4-12(21)9-14(15)23/h1-5,8-9H,6-7,10,21H2,(H,22,24). The molecule has 1 aliphatic heterocycles. The number of halogens is 3. The molecule has 132 valence electrons. The van der Waals surface area contributed by atoms with E-state index in [4.69, 9.17) is 10.5 Å². The van der Waals surface area contributed by atoms with Gasteiger partial charge in [0.15, 0.2) is 0 Å². The highest BCUT2D eigenvalue weighted by Crippen LogP contribution is 2.33. The molecular weight excluding hydrogens is 335 g/mol. The minimum atomic E-state index is -4.46. The number of alkyl halides is 3. The monoisotopic (exact) mass is 351 g/mol. The van der Waals surface area contributed by atoms with Crippen molar-refractivity contribution in [2.45, 2.75) is 6.18 Å². The number of ether oxygens (including phenoxy) is 1. The summed E-state index contributed by atoms with van der Waals surface area (Å²) < 4.78 is 43.7. The van der Waals surface area contributed by atoms with E-state index >= 15 is 0 Å². The highest BCUT2D eigenvalue weighted by molar-refractivity contribution is 5.94. The van der Waals surface area contributed by atoms with Gasteiger partial charge >= 0.3 is 6.18 Å². The van der Waals surface area contributed by atoms with E-state index in [1.165, 1.54) is 12.1 Å². The summed E-state index contributed by atoms with van der Waals surface area (Å²) in [6.07, 6.45) is -4.46. The van der Waals surface area contributed by atoms with Gasteiger partial charge in [0.05, 0.1) is 24.3 Å². The maximum Gasteiger partial charge on any atom is 0.416 e. The van der Waals surface area contributed by atoms with Crippen LogP contribution in [0.15, 0.2) is 42.5 Å². The quantitative estimate of drug-likeness (QED) is 0.834. The van der Waals surface area contributed by atoms with Crippen molar-refractivity contribution in [2.24, 2.45) is 0 Å². The van der Waals surface area contributed by atoms with Crippen LogP contribution in [0.4, 0.5) is 30.2 Å². The predicted molar refractivity (Wildman–Crippen MR) is 88.6 cm³/mol. The lowest BCUT2D eigenvalue weighted by Gasteiger charge is -2.30. The minimum Gasteiger partial charge on any atom is -0.490 e. The molecule has 0 saturated heterocycles. The van der Waals surface area contributed by atoms with Crippen molar-refractivity contribution < 1.29 is 22.7 Å². The molecule has 1 amide bonds. The topological polar surface area (TPSA) is 67.6 Å². The molecule has 3 rings (SSSR count). The van der Waals surface area contributed by atoms with Crippen molar-refractivity contribution in [3.8, 4) is 5.75 Å². The molecule has 0 unspecified atom stereocenters. The first-order valence-corrected chi connectivity index (χ1v) is 7.57. The van der Waals surface area contributed by atoms with Gasteiger partial charge in [-0.05, 0) is 36.4 Å². The lowest BCUT2D eigenvalue weighted by molar-refractivity contribution is -0.137. The third kappa shape index (κ3) is 3.96. The van der Waals surface area contributed by atoms with Gasteiger partial charge in [-0.15, -0.1) is 0 Å². The third-order valence-corrected chi connectivity index (χ3v) is 3.75. The Labute approximate surface area is 142 Å². The number of carbonyl (C=O) groups excluding carboxylic acids is 1. The van der Waals surface area contributed by atoms with Crippen LogP contribution in [0.2, 0.25) is 0 Å². The Balaban J connectivity index is 1.71. The van der Waals surface area contributed by atoms with Crippen molar-refractivity contribution in [3.63, 3.8) is 0 Å². The Bertz CT molecular complexity index is 793. The molecule has 0 saturated carbocycles. The molecule has 1 aliphatic rings. The Morgan fingerprint density at radius 3 is 2.80 bits per heavy atom. The van der Waals surface area contributed by atoms with Crippen LogP contribution < -0.4 is 20.7 Å². The Hall–Kier alpha value is -2.90. The maximum atomic E-state index is 12.7. The second-order valence-electron chi connectivity index (χ2n) is 5.62. The fourth-order valence-electron chi connectivity index (χ4n) is 2.60. The van der Waals surface area contributed by atoms with Gasteiger partial charge in [-0.3, -0.25) is 4.79 Å². The summed E-state index contributed by atoms with van der Waals surface area (Å²) >= 11 is 0. The van der Waals surface area contributed by atoms with Gasteiger partial charge in [-0.2, -0.15) is 13.2 Å². The fraction of sp³-hybridized carbons (Fsp3) is 0.235. The molecule has 0 aromatic heterocycles. The van der Waals surface area contributed by atoms with Crippen LogP contribution in [0.1, 0.15) is 5.56 Å². The molecule has 3 N–H and O–H groups in total. The molecule has 5 nitrogen and oxygen atoms in total. The van der Waals surface area contributed by atoms with Gasteiger partial charge in [-0.1, -0.05) is 6.07 Å². The van der Waals surface area contributed by atoms with Crippen LogP contribution >= 0.6 is 0 Å². The first kappa shape index (κ1) is 16.9. The molecule has 0 bridgehead atoms. The van der Waals surface area contributed by atoms with Gasteiger partial charge < -0.3 is 20.7 Å². The number of carbonyl (C=O) groups is 1. The summed E-state index contributed by atoms with van der Waals surface area (Å²) in [5, 5.41) is 2.49. The predicted octanol–water partition coefficient (Wildman–Crippen LogP) is 3.13. The molecule has 0 spiro atoms. The lowest BCUT2D eigenvalue weighted by Crippen LogP contribution is -2.38. The lowest BCUT2D eigenvalue weighted by atomic mass is 10.2. The number of amides is 1. The van der Waals surface area contributed by atoms with Crippen molar-refractivity contribution >= 4 is 23.0 Å². The van der Waals surface area contributed by atoms with Gasteiger partial charge in [0, 0.05) is 11.4 Å². The first-order valence-electron chi connectivity index (χ1n) is 7.57. The largest absolute Gasteiger partial charge is 0.490 e. The summed E-state index contributed by atoms with van der Waals surface area (Å²) in [5.74, 6) is 0.196. The van der Waals surface area contributed by atoms with Crippen LogP contribution in [0.25, 0.3) is 0 Å². The molecule has 0 atom stereocenters. The number of hydrogen-bond acceptors (Lipinski definition) is 4.